The minimum absolute atomic E-state index is 0.547. The van der Waals surface area contributed by atoms with Gasteiger partial charge in [0.1, 0.15) is 23.8 Å². The molecule has 2 rings (SSSR count). The van der Waals surface area contributed by atoms with Crippen molar-refractivity contribution in [3.05, 3.63) is 23.5 Å². The van der Waals surface area contributed by atoms with E-state index in [0.29, 0.717) is 6.54 Å². The normalized spacial score (nSPS) is 10.6. The predicted molar refractivity (Wildman–Crippen MR) is 78.6 cm³/mol. The lowest BCUT2D eigenvalue weighted by atomic mass is 10.3. The largest absolute Gasteiger partial charge is 0.370 e. The molecule has 0 aromatic carbocycles. The summed E-state index contributed by atoms with van der Waals surface area (Å²) >= 11 is 0. The molecule has 0 unspecified atom stereocenters. The maximum absolute atomic E-state index is 4.44. The van der Waals surface area contributed by atoms with Crippen LogP contribution in [0.25, 0.3) is 0 Å². The highest BCUT2D eigenvalue weighted by atomic mass is 15.3. The van der Waals surface area contributed by atoms with Crippen LogP contribution >= 0.6 is 0 Å². The number of aromatic nitrogens is 5. The van der Waals surface area contributed by atoms with Gasteiger partial charge in [-0.25, -0.2) is 15.0 Å². The first-order valence-corrected chi connectivity index (χ1v) is 6.77. The first kappa shape index (κ1) is 14.2. The van der Waals surface area contributed by atoms with Gasteiger partial charge in [0, 0.05) is 19.2 Å². The summed E-state index contributed by atoms with van der Waals surface area (Å²) in [5, 5.41) is 10.8. The molecule has 0 atom stereocenters. The molecule has 0 aliphatic rings. The number of aryl methyl sites for hydroxylation is 2. The van der Waals surface area contributed by atoms with Crippen molar-refractivity contribution in [2.24, 2.45) is 7.05 Å². The number of rotatable bonds is 6. The van der Waals surface area contributed by atoms with Crippen molar-refractivity contribution in [1.82, 2.24) is 24.7 Å². The number of hydrogen-bond donors (Lipinski definition) is 2. The zero-order valence-electron chi connectivity index (χ0n) is 12.4. The minimum atomic E-state index is 0.547. The van der Waals surface area contributed by atoms with Gasteiger partial charge in [0.25, 0.3) is 0 Å². The van der Waals surface area contributed by atoms with E-state index in [1.54, 1.807) is 11.0 Å². The smallest absolute Gasteiger partial charge is 0.169 e. The lowest BCUT2D eigenvalue weighted by molar-refractivity contribution is 0.746. The van der Waals surface area contributed by atoms with Crippen molar-refractivity contribution >= 4 is 11.6 Å². The molecule has 0 radical (unpaired) electrons. The number of anilines is 2. The van der Waals surface area contributed by atoms with Crippen molar-refractivity contribution in [3.8, 4) is 0 Å². The van der Waals surface area contributed by atoms with Crippen LogP contribution in [0.4, 0.5) is 11.6 Å². The van der Waals surface area contributed by atoms with Gasteiger partial charge in [-0.1, -0.05) is 6.92 Å². The number of nitrogens with zero attached hydrogens (tertiary/aromatic N) is 5. The lowest BCUT2D eigenvalue weighted by Crippen LogP contribution is -2.11. The van der Waals surface area contributed by atoms with Crippen molar-refractivity contribution in [3.63, 3.8) is 0 Å². The van der Waals surface area contributed by atoms with Crippen LogP contribution in [0.5, 0.6) is 0 Å². The second-order valence-corrected chi connectivity index (χ2v) is 4.71. The predicted octanol–water partition coefficient (Wildman–Crippen LogP) is 1.66. The minimum Gasteiger partial charge on any atom is -0.370 e. The fourth-order valence-corrected chi connectivity index (χ4v) is 1.84. The summed E-state index contributed by atoms with van der Waals surface area (Å²) in [4.78, 5) is 13.1. The lowest BCUT2D eigenvalue weighted by Gasteiger charge is -2.13. The second kappa shape index (κ2) is 6.31. The van der Waals surface area contributed by atoms with E-state index in [1.807, 2.05) is 20.9 Å². The highest BCUT2D eigenvalue weighted by molar-refractivity contribution is 5.57. The Balaban J connectivity index is 2.12. The van der Waals surface area contributed by atoms with Crippen LogP contribution in [0, 0.1) is 13.8 Å². The van der Waals surface area contributed by atoms with Gasteiger partial charge < -0.3 is 10.6 Å². The second-order valence-electron chi connectivity index (χ2n) is 4.71. The molecule has 0 bridgehead atoms. The summed E-state index contributed by atoms with van der Waals surface area (Å²) < 4.78 is 1.68. The molecule has 0 amide bonds. The Morgan fingerprint density at radius 2 is 1.85 bits per heavy atom. The molecule has 0 saturated carbocycles. The summed E-state index contributed by atoms with van der Waals surface area (Å²) in [6.07, 6.45) is 2.74. The molecule has 20 heavy (non-hydrogen) atoms. The van der Waals surface area contributed by atoms with Gasteiger partial charge in [-0.05, 0) is 20.3 Å². The van der Waals surface area contributed by atoms with E-state index < -0.39 is 0 Å². The highest BCUT2D eigenvalue weighted by Gasteiger charge is 2.09. The van der Waals surface area contributed by atoms with Crippen molar-refractivity contribution in [1.29, 1.82) is 0 Å². The fraction of sp³-hybridized carbons (Fsp3) is 0.538. The summed E-state index contributed by atoms with van der Waals surface area (Å²) in [5.74, 6) is 3.19. The maximum Gasteiger partial charge on any atom is 0.169 e. The quantitative estimate of drug-likeness (QED) is 0.834. The summed E-state index contributed by atoms with van der Waals surface area (Å²) in [7, 11) is 1.85. The monoisotopic (exact) mass is 275 g/mol. The Kier molecular flexibility index (Phi) is 4.49. The van der Waals surface area contributed by atoms with Crippen LogP contribution < -0.4 is 10.6 Å². The van der Waals surface area contributed by atoms with Gasteiger partial charge in [0.2, 0.25) is 0 Å². The van der Waals surface area contributed by atoms with Crippen LogP contribution in [0.1, 0.15) is 30.6 Å². The van der Waals surface area contributed by atoms with Crippen LogP contribution in [0.3, 0.4) is 0 Å². The molecule has 0 aliphatic heterocycles. The van der Waals surface area contributed by atoms with E-state index in [1.165, 1.54) is 0 Å². The van der Waals surface area contributed by atoms with Gasteiger partial charge in [-0.2, -0.15) is 5.10 Å². The molecule has 7 heteroatoms. The SMILES string of the molecule is CCCNc1nc(C)nc(NCc2ncn(C)n2)c1C. The average Bonchev–Trinajstić information content (AvgIpc) is 2.83. The first-order chi connectivity index (χ1) is 9.60. The van der Waals surface area contributed by atoms with E-state index in [0.717, 1.165) is 41.8 Å². The van der Waals surface area contributed by atoms with Gasteiger partial charge in [-0.15, -0.1) is 0 Å². The molecule has 2 heterocycles. The van der Waals surface area contributed by atoms with Crippen LogP contribution in [0.15, 0.2) is 6.33 Å². The molecule has 2 aromatic rings. The zero-order valence-corrected chi connectivity index (χ0v) is 12.4. The Bertz CT molecular complexity index is 576. The molecule has 0 saturated heterocycles. The molecular formula is C13H21N7. The maximum atomic E-state index is 4.44. The Hall–Kier alpha value is -2.18. The van der Waals surface area contributed by atoms with Gasteiger partial charge in [0.05, 0.1) is 6.54 Å². The van der Waals surface area contributed by atoms with Crippen LogP contribution in [0.2, 0.25) is 0 Å². The van der Waals surface area contributed by atoms with E-state index in [2.05, 4.69) is 37.6 Å². The first-order valence-electron chi connectivity index (χ1n) is 6.77. The van der Waals surface area contributed by atoms with Gasteiger partial charge in [-0.3, -0.25) is 4.68 Å². The number of hydrogen-bond acceptors (Lipinski definition) is 6. The Morgan fingerprint density at radius 3 is 2.45 bits per heavy atom. The highest BCUT2D eigenvalue weighted by Crippen LogP contribution is 2.20. The molecule has 0 aliphatic carbocycles. The summed E-state index contributed by atoms with van der Waals surface area (Å²) in [6.45, 7) is 7.47. The topological polar surface area (TPSA) is 80.5 Å². The Labute approximate surface area is 118 Å². The third kappa shape index (κ3) is 3.43. The zero-order chi connectivity index (χ0) is 14.5. The molecule has 108 valence electrons. The molecular weight excluding hydrogens is 254 g/mol. The summed E-state index contributed by atoms with van der Waals surface area (Å²) in [5.41, 5.74) is 1.01. The molecule has 0 spiro atoms. The van der Waals surface area contributed by atoms with Crippen LogP contribution in [-0.2, 0) is 13.6 Å². The van der Waals surface area contributed by atoms with Crippen molar-refractivity contribution in [2.75, 3.05) is 17.2 Å². The van der Waals surface area contributed by atoms with Crippen molar-refractivity contribution < 1.29 is 0 Å². The molecule has 7 nitrogen and oxygen atoms in total. The molecule has 2 aromatic heterocycles. The van der Waals surface area contributed by atoms with E-state index in [-0.39, 0.29) is 0 Å². The standard InChI is InChI=1S/C13H21N7/c1-5-6-14-12-9(2)13(18-10(3)17-12)15-7-11-16-8-20(4)19-11/h8H,5-7H2,1-4H3,(H2,14,15,17,18). The van der Waals surface area contributed by atoms with Gasteiger partial charge >= 0.3 is 0 Å². The third-order valence-corrected chi connectivity index (χ3v) is 2.86. The fourth-order valence-electron chi connectivity index (χ4n) is 1.84. The van der Waals surface area contributed by atoms with Gasteiger partial charge in [0.15, 0.2) is 5.82 Å². The molecule has 0 fully saturated rings. The van der Waals surface area contributed by atoms with Crippen molar-refractivity contribution in [2.45, 2.75) is 33.7 Å². The third-order valence-electron chi connectivity index (χ3n) is 2.86. The molecule has 2 N–H and O–H groups in total. The number of nitrogens with one attached hydrogen (secondary N) is 2. The Morgan fingerprint density at radius 1 is 1.15 bits per heavy atom. The van der Waals surface area contributed by atoms with E-state index in [9.17, 15) is 0 Å². The summed E-state index contributed by atoms with van der Waals surface area (Å²) in [6, 6.07) is 0. The van der Waals surface area contributed by atoms with Crippen LogP contribution in [-0.4, -0.2) is 31.3 Å². The average molecular weight is 275 g/mol. The van der Waals surface area contributed by atoms with E-state index >= 15 is 0 Å². The van der Waals surface area contributed by atoms with E-state index in [4.69, 9.17) is 0 Å².